The van der Waals surface area contributed by atoms with Crippen LogP contribution in [0.5, 0.6) is 0 Å². The van der Waals surface area contributed by atoms with Crippen molar-refractivity contribution in [3.63, 3.8) is 0 Å². The summed E-state index contributed by atoms with van der Waals surface area (Å²) in [4.78, 5) is 21.7. The van der Waals surface area contributed by atoms with Gasteiger partial charge in [0, 0.05) is 19.0 Å². The Morgan fingerprint density at radius 3 is 2.59 bits per heavy atom. The van der Waals surface area contributed by atoms with Gasteiger partial charge in [-0.2, -0.15) is 18.3 Å². The van der Waals surface area contributed by atoms with E-state index in [2.05, 4.69) is 5.10 Å². The van der Waals surface area contributed by atoms with Gasteiger partial charge < -0.3 is 5.11 Å². The van der Waals surface area contributed by atoms with Gasteiger partial charge in [-0.15, -0.1) is 0 Å². The SMILES string of the molecule is O=C(O)c1ccc(=O)n(CCCC(F)(F)F)n1. The van der Waals surface area contributed by atoms with Crippen molar-refractivity contribution < 1.29 is 23.1 Å². The highest BCUT2D eigenvalue weighted by molar-refractivity contribution is 5.84. The smallest absolute Gasteiger partial charge is 0.389 e. The van der Waals surface area contributed by atoms with E-state index in [1.54, 1.807) is 0 Å². The third kappa shape index (κ3) is 4.25. The molecular formula is C9H9F3N2O3. The Bertz CT molecular complexity index is 467. The molecule has 94 valence electrons. The van der Waals surface area contributed by atoms with Crippen LogP contribution < -0.4 is 5.56 Å². The molecule has 1 rings (SSSR count). The number of rotatable bonds is 4. The quantitative estimate of drug-likeness (QED) is 0.873. The molecule has 8 heteroatoms. The monoisotopic (exact) mass is 250 g/mol. The Kier molecular flexibility index (Phi) is 3.87. The van der Waals surface area contributed by atoms with Crippen molar-refractivity contribution in [3.05, 3.63) is 28.2 Å². The zero-order valence-corrected chi connectivity index (χ0v) is 8.57. The van der Waals surface area contributed by atoms with Crippen molar-refractivity contribution >= 4 is 5.97 Å². The Hall–Kier alpha value is -1.86. The van der Waals surface area contributed by atoms with Crippen LogP contribution in [0.15, 0.2) is 16.9 Å². The van der Waals surface area contributed by atoms with E-state index in [4.69, 9.17) is 5.11 Å². The molecule has 0 atom stereocenters. The van der Waals surface area contributed by atoms with E-state index in [1.807, 2.05) is 0 Å². The van der Waals surface area contributed by atoms with Crippen molar-refractivity contribution in [2.24, 2.45) is 0 Å². The summed E-state index contributed by atoms with van der Waals surface area (Å²) >= 11 is 0. The maximum atomic E-state index is 11.9. The summed E-state index contributed by atoms with van der Waals surface area (Å²) in [7, 11) is 0. The van der Waals surface area contributed by atoms with Gasteiger partial charge in [-0.1, -0.05) is 0 Å². The largest absolute Gasteiger partial charge is 0.476 e. The maximum Gasteiger partial charge on any atom is 0.389 e. The van der Waals surface area contributed by atoms with Gasteiger partial charge in [-0.3, -0.25) is 4.79 Å². The standard InChI is InChI=1S/C9H9F3N2O3/c10-9(11,12)4-1-5-14-7(15)3-2-6(13-14)8(16)17/h2-3H,1,4-5H2,(H,16,17). The van der Waals surface area contributed by atoms with Crippen LogP contribution >= 0.6 is 0 Å². The van der Waals surface area contributed by atoms with Gasteiger partial charge in [0.05, 0.1) is 0 Å². The summed E-state index contributed by atoms with van der Waals surface area (Å²) < 4.78 is 36.3. The Morgan fingerprint density at radius 2 is 2.06 bits per heavy atom. The lowest BCUT2D eigenvalue weighted by molar-refractivity contribution is -0.136. The normalized spacial score (nSPS) is 11.5. The van der Waals surface area contributed by atoms with Crippen LogP contribution in [0.2, 0.25) is 0 Å². The summed E-state index contributed by atoms with van der Waals surface area (Å²) in [6, 6.07) is 1.97. The number of aryl methyl sites for hydroxylation is 1. The summed E-state index contributed by atoms with van der Waals surface area (Å²) in [6.07, 6.45) is -5.66. The highest BCUT2D eigenvalue weighted by Crippen LogP contribution is 2.21. The third-order valence-corrected chi connectivity index (χ3v) is 1.92. The Balaban J connectivity index is 2.74. The van der Waals surface area contributed by atoms with Crippen molar-refractivity contribution in [1.29, 1.82) is 0 Å². The minimum absolute atomic E-state index is 0.264. The topological polar surface area (TPSA) is 72.2 Å². The molecule has 0 aliphatic heterocycles. The number of carboxylic acid groups (broad SMARTS) is 1. The van der Waals surface area contributed by atoms with Gasteiger partial charge in [-0.25, -0.2) is 9.48 Å². The summed E-state index contributed by atoms with van der Waals surface area (Å²) in [5, 5.41) is 12.0. The minimum Gasteiger partial charge on any atom is -0.476 e. The fraction of sp³-hybridized carbons (Fsp3) is 0.444. The number of aromatic carboxylic acids is 1. The molecule has 0 aliphatic rings. The van der Waals surface area contributed by atoms with Crippen LogP contribution in [-0.4, -0.2) is 27.0 Å². The predicted molar refractivity (Wildman–Crippen MR) is 50.7 cm³/mol. The van der Waals surface area contributed by atoms with Crippen molar-refractivity contribution in [1.82, 2.24) is 9.78 Å². The van der Waals surface area contributed by atoms with Crippen LogP contribution in [0.1, 0.15) is 23.3 Å². The number of alkyl halides is 3. The zero-order valence-electron chi connectivity index (χ0n) is 8.57. The van der Waals surface area contributed by atoms with Crippen molar-refractivity contribution in [3.8, 4) is 0 Å². The van der Waals surface area contributed by atoms with E-state index >= 15 is 0 Å². The molecule has 0 saturated carbocycles. The van der Waals surface area contributed by atoms with Crippen LogP contribution in [0.25, 0.3) is 0 Å². The highest BCUT2D eigenvalue weighted by Gasteiger charge is 2.26. The summed E-state index contributed by atoms with van der Waals surface area (Å²) in [5.74, 6) is -1.34. The van der Waals surface area contributed by atoms with E-state index in [0.717, 1.165) is 16.8 Å². The second-order valence-electron chi connectivity index (χ2n) is 3.30. The highest BCUT2D eigenvalue weighted by atomic mass is 19.4. The predicted octanol–water partition coefficient (Wildman–Crippen LogP) is 1.28. The molecule has 17 heavy (non-hydrogen) atoms. The van der Waals surface area contributed by atoms with Gasteiger partial charge in [-0.05, 0) is 12.5 Å². The molecule has 1 heterocycles. The molecule has 1 aromatic rings. The molecule has 0 saturated heterocycles. The summed E-state index contributed by atoms with van der Waals surface area (Å²) in [6.45, 7) is -0.264. The zero-order chi connectivity index (χ0) is 13.1. The number of carbonyl (C=O) groups is 1. The van der Waals surface area contributed by atoms with E-state index in [0.29, 0.717) is 0 Å². The number of carboxylic acids is 1. The number of hydrogen-bond acceptors (Lipinski definition) is 3. The lowest BCUT2D eigenvalue weighted by Crippen LogP contribution is -2.25. The second-order valence-corrected chi connectivity index (χ2v) is 3.30. The first kappa shape index (κ1) is 13.2. The van der Waals surface area contributed by atoms with Crippen LogP contribution in [0.3, 0.4) is 0 Å². The molecular weight excluding hydrogens is 241 g/mol. The second kappa shape index (κ2) is 4.98. The van der Waals surface area contributed by atoms with Gasteiger partial charge in [0.15, 0.2) is 5.69 Å². The molecule has 5 nitrogen and oxygen atoms in total. The number of hydrogen-bond donors (Lipinski definition) is 1. The van der Waals surface area contributed by atoms with Gasteiger partial charge in [0.1, 0.15) is 0 Å². The number of nitrogens with zero attached hydrogens (tertiary/aromatic N) is 2. The first-order valence-electron chi connectivity index (χ1n) is 4.68. The van der Waals surface area contributed by atoms with E-state index in [9.17, 15) is 22.8 Å². The summed E-state index contributed by atoms with van der Waals surface area (Å²) in [5.41, 5.74) is -1.01. The van der Waals surface area contributed by atoms with E-state index in [-0.39, 0.29) is 18.7 Å². The van der Waals surface area contributed by atoms with Gasteiger partial charge in [0.2, 0.25) is 0 Å². The molecule has 0 radical (unpaired) electrons. The molecule has 0 bridgehead atoms. The average molecular weight is 250 g/mol. The molecule has 0 aromatic carbocycles. The molecule has 0 spiro atoms. The lowest BCUT2D eigenvalue weighted by atomic mass is 10.3. The minimum atomic E-state index is -4.30. The molecule has 1 N–H and O–H groups in total. The Morgan fingerprint density at radius 1 is 1.41 bits per heavy atom. The lowest BCUT2D eigenvalue weighted by Gasteiger charge is -2.07. The Labute approximate surface area is 93.5 Å². The van der Waals surface area contributed by atoms with Crippen LogP contribution in [0, 0.1) is 0 Å². The first-order chi connectivity index (χ1) is 7.79. The first-order valence-corrected chi connectivity index (χ1v) is 4.68. The van der Waals surface area contributed by atoms with Crippen molar-refractivity contribution in [2.45, 2.75) is 25.6 Å². The molecule has 0 fully saturated rings. The fourth-order valence-electron chi connectivity index (χ4n) is 1.15. The molecule has 0 amide bonds. The average Bonchev–Trinajstić information content (AvgIpc) is 2.18. The third-order valence-electron chi connectivity index (χ3n) is 1.92. The maximum absolute atomic E-state index is 11.9. The molecule has 0 unspecified atom stereocenters. The van der Waals surface area contributed by atoms with Gasteiger partial charge >= 0.3 is 12.1 Å². The molecule has 0 aliphatic carbocycles. The fourth-order valence-corrected chi connectivity index (χ4v) is 1.15. The number of aromatic nitrogens is 2. The molecule has 1 aromatic heterocycles. The van der Waals surface area contributed by atoms with E-state index in [1.165, 1.54) is 0 Å². The van der Waals surface area contributed by atoms with Crippen LogP contribution in [0.4, 0.5) is 13.2 Å². The van der Waals surface area contributed by atoms with Gasteiger partial charge in [0.25, 0.3) is 5.56 Å². The number of halogens is 3. The van der Waals surface area contributed by atoms with Crippen LogP contribution in [-0.2, 0) is 6.54 Å². The van der Waals surface area contributed by atoms with E-state index < -0.39 is 24.1 Å². The van der Waals surface area contributed by atoms with Crippen molar-refractivity contribution in [2.75, 3.05) is 0 Å².